The van der Waals surface area contributed by atoms with Gasteiger partial charge in [0.1, 0.15) is 0 Å². The molecule has 2 fully saturated rings. The van der Waals surface area contributed by atoms with Crippen LogP contribution in [0.2, 0.25) is 0 Å². The van der Waals surface area contributed by atoms with Crippen LogP contribution >= 0.6 is 23.3 Å². The third kappa shape index (κ3) is 5.59. The minimum atomic E-state index is -0.317. The van der Waals surface area contributed by atoms with E-state index in [1.165, 1.54) is 11.4 Å². The van der Waals surface area contributed by atoms with E-state index in [2.05, 4.69) is 21.8 Å². The quantitative estimate of drug-likeness (QED) is 0.574. The summed E-state index contributed by atoms with van der Waals surface area (Å²) in [7, 11) is 0. The van der Waals surface area contributed by atoms with E-state index in [1.54, 1.807) is 23.3 Å². The first-order chi connectivity index (χ1) is 15.0. The number of rotatable bonds is 6. The molecule has 2 heterocycles. The van der Waals surface area contributed by atoms with Gasteiger partial charge in [0.2, 0.25) is 0 Å². The highest BCUT2D eigenvalue weighted by Gasteiger charge is 2.26. The molecule has 0 radical (unpaired) electrons. The molecule has 1 saturated carbocycles. The van der Waals surface area contributed by atoms with Gasteiger partial charge in [-0.3, -0.25) is 0 Å². The fourth-order valence-corrected chi connectivity index (χ4v) is 6.25. The van der Waals surface area contributed by atoms with Crippen LogP contribution < -0.4 is 5.32 Å². The van der Waals surface area contributed by atoms with Crippen molar-refractivity contribution < 1.29 is 9.53 Å². The average molecular weight is 457 g/mol. The number of carbonyl (C=O) groups is 1. The maximum absolute atomic E-state index is 11.8. The summed E-state index contributed by atoms with van der Waals surface area (Å²) in [5, 5.41) is 13.5. The van der Waals surface area contributed by atoms with Crippen molar-refractivity contribution >= 4 is 29.4 Å². The van der Waals surface area contributed by atoms with Crippen LogP contribution in [0.25, 0.3) is 10.4 Å². The van der Waals surface area contributed by atoms with Crippen molar-refractivity contribution in [2.75, 3.05) is 13.1 Å². The molecule has 1 aromatic carbocycles. The lowest BCUT2D eigenvalue weighted by Crippen LogP contribution is -2.38. The van der Waals surface area contributed by atoms with E-state index < -0.39 is 0 Å². The van der Waals surface area contributed by atoms with Gasteiger partial charge in [-0.25, -0.2) is 14.1 Å². The van der Waals surface area contributed by atoms with Gasteiger partial charge in [0.25, 0.3) is 0 Å². The molecule has 1 aliphatic carbocycles. The van der Waals surface area contributed by atoms with E-state index in [-0.39, 0.29) is 18.2 Å². The Morgan fingerprint density at radius 2 is 2.10 bits per heavy atom. The molecule has 1 aliphatic heterocycles. The smallest absolute Gasteiger partial charge is 0.407 e. The molecular weight excluding hydrogens is 428 g/mol. The van der Waals surface area contributed by atoms with E-state index >= 15 is 0 Å². The van der Waals surface area contributed by atoms with Gasteiger partial charge in [0.15, 0.2) is 0 Å². The number of hydrogen-bond acceptors (Lipinski definition) is 7. The predicted molar refractivity (Wildman–Crippen MR) is 124 cm³/mol. The Kier molecular flexibility index (Phi) is 7.16. The molecule has 8 heteroatoms. The molecule has 0 bridgehead atoms. The van der Waals surface area contributed by atoms with Crippen molar-refractivity contribution in [3.63, 3.8) is 0 Å². The summed E-state index contributed by atoms with van der Waals surface area (Å²) in [4.78, 5) is 18.9. The maximum Gasteiger partial charge on any atom is 0.407 e. The monoisotopic (exact) mass is 456 g/mol. The standard InChI is InChI=1S/C23H28N4O2S2/c1-15(2)29-23(28)26-18-7-5-17(6-8-18)22-25-14-21(30-22)19-9-4-16(13-24)12-20(19)31-27-10-3-11-27/h4,9,12,14-15,17-18H,3,5-8,10-11H2,1-2H3,(H,26,28). The van der Waals surface area contributed by atoms with Crippen molar-refractivity contribution in [3.05, 3.63) is 35.0 Å². The van der Waals surface area contributed by atoms with Crippen molar-refractivity contribution in [2.24, 2.45) is 0 Å². The third-order valence-corrected chi connectivity index (χ3v) is 8.03. The Morgan fingerprint density at radius 3 is 2.74 bits per heavy atom. The summed E-state index contributed by atoms with van der Waals surface area (Å²) in [6.07, 6.45) is 6.72. The second kappa shape index (κ2) is 10.0. The minimum absolute atomic E-state index is 0.101. The van der Waals surface area contributed by atoms with Crippen LogP contribution in [-0.2, 0) is 4.74 Å². The Bertz CT molecular complexity index is 957. The van der Waals surface area contributed by atoms with Crippen molar-refractivity contribution in [1.29, 1.82) is 5.26 Å². The molecule has 1 amide bonds. The fourth-order valence-electron chi connectivity index (χ4n) is 3.89. The molecular formula is C23H28N4O2S2. The molecule has 31 heavy (non-hydrogen) atoms. The molecule has 0 spiro atoms. The Morgan fingerprint density at radius 1 is 1.32 bits per heavy atom. The molecule has 1 N–H and O–H groups in total. The summed E-state index contributed by atoms with van der Waals surface area (Å²) in [5.74, 6) is 0.433. The number of ether oxygens (including phenoxy) is 1. The molecule has 0 unspecified atom stereocenters. The first kappa shape index (κ1) is 22.1. The zero-order chi connectivity index (χ0) is 21.8. The van der Waals surface area contributed by atoms with E-state index in [4.69, 9.17) is 9.72 Å². The van der Waals surface area contributed by atoms with Crippen LogP contribution in [0, 0.1) is 11.3 Å². The molecule has 2 aliphatic rings. The lowest BCUT2D eigenvalue weighted by atomic mass is 9.86. The summed E-state index contributed by atoms with van der Waals surface area (Å²) < 4.78 is 7.53. The number of nitrogens with zero attached hydrogens (tertiary/aromatic N) is 3. The molecule has 0 atom stereocenters. The zero-order valence-corrected chi connectivity index (χ0v) is 19.6. The normalized spacial score (nSPS) is 21.4. The van der Waals surface area contributed by atoms with Crippen molar-refractivity contribution in [1.82, 2.24) is 14.6 Å². The topological polar surface area (TPSA) is 78.2 Å². The lowest BCUT2D eigenvalue weighted by Gasteiger charge is -2.29. The number of aromatic nitrogens is 1. The molecule has 6 nitrogen and oxygen atoms in total. The van der Waals surface area contributed by atoms with Crippen LogP contribution in [0.5, 0.6) is 0 Å². The molecule has 164 valence electrons. The van der Waals surface area contributed by atoms with Crippen LogP contribution in [0.1, 0.15) is 62.4 Å². The average Bonchev–Trinajstić information content (AvgIpc) is 3.20. The van der Waals surface area contributed by atoms with E-state index in [0.717, 1.165) is 54.1 Å². The van der Waals surface area contributed by atoms with Crippen LogP contribution in [0.15, 0.2) is 29.3 Å². The van der Waals surface area contributed by atoms with Gasteiger partial charge < -0.3 is 10.1 Å². The SMILES string of the molecule is CC(C)OC(=O)NC1CCC(c2ncc(-c3ccc(C#N)cc3SN3CCC3)s2)CC1. The van der Waals surface area contributed by atoms with Crippen LogP contribution in [0.3, 0.4) is 0 Å². The first-order valence-electron chi connectivity index (χ1n) is 10.9. The largest absolute Gasteiger partial charge is 0.447 e. The third-order valence-electron chi connectivity index (χ3n) is 5.68. The van der Waals surface area contributed by atoms with E-state index in [0.29, 0.717) is 11.5 Å². The van der Waals surface area contributed by atoms with Gasteiger partial charge >= 0.3 is 6.09 Å². The van der Waals surface area contributed by atoms with Gasteiger partial charge in [-0.05, 0) is 70.0 Å². The Hall–Kier alpha value is -2.08. The number of carbonyl (C=O) groups excluding carboxylic acids is 1. The minimum Gasteiger partial charge on any atom is -0.447 e. The van der Waals surface area contributed by atoms with Crippen molar-refractivity contribution in [3.8, 4) is 16.5 Å². The highest BCUT2D eigenvalue weighted by atomic mass is 32.2. The summed E-state index contributed by atoms with van der Waals surface area (Å²) in [6.45, 7) is 5.91. The second-order valence-corrected chi connectivity index (χ2v) is 10.6. The number of hydrogen-bond donors (Lipinski definition) is 1. The molecule has 1 saturated heterocycles. The van der Waals surface area contributed by atoms with Gasteiger partial charge in [-0.2, -0.15) is 5.26 Å². The van der Waals surface area contributed by atoms with Crippen LogP contribution in [0.4, 0.5) is 4.79 Å². The maximum atomic E-state index is 11.8. The van der Waals surface area contributed by atoms with Gasteiger partial charge in [0, 0.05) is 41.7 Å². The molecule has 1 aromatic heterocycles. The highest BCUT2D eigenvalue weighted by molar-refractivity contribution is 7.97. The number of amides is 1. The number of benzene rings is 1. The first-order valence-corrected chi connectivity index (χ1v) is 12.5. The molecule has 4 rings (SSSR count). The Balaban J connectivity index is 1.41. The summed E-state index contributed by atoms with van der Waals surface area (Å²) in [5.41, 5.74) is 1.85. The van der Waals surface area contributed by atoms with Gasteiger partial charge in [-0.1, -0.05) is 6.07 Å². The number of nitriles is 1. The van der Waals surface area contributed by atoms with Crippen LogP contribution in [-0.4, -0.2) is 40.6 Å². The molecule has 2 aromatic rings. The number of alkyl carbamates (subject to hydrolysis) is 1. The lowest BCUT2D eigenvalue weighted by molar-refractivity contribution is 0.109. The van der Waals surface area contributed by atoms with Crippen molar-refractivity contribution in [2.45, 2.75) is 68.9 Å². The van der Waals surface area contributed by atoms with E-state index in [1.807, 2.05) is 32.2 Å². The number of nitrogens with one attached hydrogen (secondary N) is 1. The second-order valence-electron chi connectivity index (χ2n) is 8.41. The number of thiazole rings is 1. The Labute approximate surface area is 192 Å². The zero-order valence-electron chi connectivity index (χ0n) is 18.0. The van der Waals surface area contributed by atoms with E-state index in [9.17, 15) is 10.1 Å². The van der Waals surface area contributed by atoms with Gasteiger partial charge in [-0.15, -0.1) is 11.3 Å². The van der Waals surface area contributed by atoms with Gasteiger partial charge in [0.05, 0.1) is 27.6 Å². The predicted octanol–water partition coefficient (Wildman–Crippen LogP) is 5.56. The summed E-state index contributed by atoms with van der Waals surface area (Å²) >= 11 is 3.50. The highest BCUT2D eigenvalue weighted by Crippen LogP contribution is 2.41. The fraction of sp³-hybridized carbons (Fsp3) is 0.522. The summed E-state index contributed by atoms with van der Waals surface area (Å²) in [6, 6.07) is 8.37.